The quantitative estimate of drug-likeness (QED) is 0.879. The molecular formula is C15H21N3O2S2. The molecule has 22 heavy (non-hydrogen) atoms. The summed E-state index contributed by atoms with van der Waals surface area (Å²) in [5.74, 6) is 0.983. The summed E-state index contributed by atoms with van der Waals surface area (Å²) in [6, 6.07) is 10.1. The highest BCUT2D eigenvalue weighted by molar-refractivity contribution is 7.99. The minimum absolute atomic E-state index is 0.199. The molecule has 0 aliphatic carbocycles. The van der Waals surface area contributed by atoms with Crippen LogP contribution in [0.5, 0.6) is 0 Å². The molecule has 0 aliphatic heterocycles. The van der Waals surface area contributed by atoms with Crippen LogP contribution in [0.2, 0.25) is 0 Å². The van der Waals surface area contributed by atoms with E-state index >= 15 is 0 Å². The Bertz CT molecular complexity index is 738. The molecule has 120 valence electrons. The van der Waals surface area contributed by atoms with Crippen molar-refractivity contribution in [2.24, 2.45) is 7.05 Å². The molecule has 1 heterocycles. The van der Waals surface area contributed by atoms with Gasteiger partial charge < -0.3 is 4.57 Å². The maximum Gasteiger partial charge on any atom is 0.209 e. The first-order valence-electron chi connectivity index (χ1n) is 7.01. The van der Waals surface area contributed by atoms with Gasteiger partial charge in [-0.25, -0.2) is 18.1 Å². The van der Waals surface area contributed by atoms with Crippen LogP contribution in [0, 0.1) is 0 Å². The first-order valence-corrected chi connectivity index (χ1v) is 9.71. The van der Waals surface area contributed by atoms with Gasteiger partial charge in [-0.15, -0.1) is 0 Å². The predicted molar refractivity (Wildman–Crippen MR) is 89.5 cm³/mol. The van der Waals surface area contributed by atoms with Crippen molar-refractivity contribution >= 4 is 21.8 Å². The van der Waals surface area contributed by atoms with Gasteiger partial charge in [-0.1, -0.05) is 43.8 Å². The molecule has 2 aromatic rings. The van der Waals surface area contributed by atoms with Crippen molar-refractivity contribution < 1.29 is 8.42 Å². The number of benzene rings is 1. The maximum absolute atomic E-state index is 11.3. The number of hydrogen-bond acceptors (Lipinski definition) is 4. The van der Waals surface area contributed by atoms with Crippen LogP contribution in [0.25, 0.3) is 0 Å². The van der Waals surface area contributed by atoms with E-state index in [1.165, 1.54) is 0 Å². The highest BCUT2D eigenvalue weighted by Gasteiger charge is 2.18. The van der Waals surface area contributed by atoms with Crippen molar-refractivity contribution in [1.29, 1.82) is 0 Å². The second-order valence-electron chi connectivity index (χ2n) is 5.44. The van der Waals surface area contributed by atoms with E-state index in [0.717, 1.165) is 21.9 Å². The zero-order valence-corrected chi connectivity index (χ0v) is 14.8. The number of imidazole rings is 1. The third kappa shape index (κ3) is 4.34. The van der Waals surface area contributed by atoms with E-state index in [0.29, 0.717) is 5.82 Å². The van der Waals surface area contributed by atoms with Crippen LogP contribution in [0.4, 0.5) is 0 Å². The van der Waals surface area contributed by atoms with Gasteiger partial charge in [0, 0.05) is 11.9 Å². The normalized spacial score (nSPS) is 12.0. The van der Waals surface area contributed by atoms with Crippen molar-refractivity contribution in [3.63, 3.8) is 0 Å². The van der Waals surface area contributed by atoms with E-state index in [-0.39, 0.29) is 12.5 Å². The van der Waals surface area contributed by atoms with Crippen molar-refractivity contribution in [2.75, 3.05) is 6.26 Å². The number of rotatable bonds is 6. The van der Waals surface area contributed by atoms with Gasteiger partial charge in [0.1, 0.15) is 10.9 Å². The lowest BCUT2D eigenvalue weighted by molar-refractivity contribution is 0.582. The van der Waals surface area contributed by atoms with Crippen molar-refractivity contribution in [1.82, 2.24) is 14.3 Å². The molecule has 0 spiro atoms. The van der Waals surface area contributed by atoms with Crippen LogP contribution >= 0.6 is 11.8 Å². The fraction of sp³-hybridized carbons (Fsp3) is 0.400. The summed E-state index contributed by atoms with van der Waals surface area (Å²) < 4.78 is 27.0. The molecule has 7 heteroatoms. The van der Waals surface area contributed by atoms with Crippen LogP contribution in [0.15, 0.2) is 40.3 Å². The fourth-order valence-corrected chi connectivity index (χ4v) is 3.54. The maximum atomic E-state index is 11.3. The molecular weight excluding hydrogens is 318 g/mol. The average Bonchev–Trinajstić information content (AvgIpc) is 2.74. The Morgan fingerprint density at radius 3 is 2.45 bits per heavy atom. The molecule has 0 radical (unpaired) electrons. The first kappa shape index (κ1) is 17.1. The molecule has 0 amide bonds. The number of nitrogens with zero attached hydrogens (tertiary/aromatic N) is 2. The Kier molecular flexibility index (Phi) is 5.31. The third-order valence-corrected chi connectivity index (χ3v) is 5.01. The lowest BCUT2D eigenvalue weighted by Crippen LogP contribution is -2.23. The molecule has 0 saturated carbocycles. The van der Waals surface area contributed by atoms with Crippen molar-refractivity contribution in [2.45, 2.75) is 36.2 Å². The van der Waals surface area contributed by atoms with Gasteiger partial charge in [0.2, 0.25) is 10.0 Å². The Balaban J connectivity index is 2.33. The molecule has 0 bridgehead atoms. The molecule has 1 aromatic heterocycles. The third-order valence-electron chi connectivity index (χ3n) is 3.16. The van der Waals surface area contributed by atoms with Crippen molar-refractivity contribution in [3.05, 3.63) is 41.9 Å². The van der Waals surface area contributed by atoms with Gasteiger partial charge in [-0.3, -0.25) is 0 Å². The molecule has 0 atom stereocenters. The summed E-state index contributed by atoms with van der Waals surface area (Å²) in [5, 5.41) is 1.05. The minimum atomic E-state index is -3.23. The van der Waals surface area contributed by atoms with E-state index in [2.05, 4.69) is 35.7 Å². The van der Waals surface area contributed by atoms with Gasteiger partial charge in [-0.05, 0) is 18.1 Å². The topological polar surface area (TPSA) is 64.0 Å². The molecule has 2 rings (SSSR count). The summed E-state index contributed by atoms with van der Waals surface area (Å²) in [5.41, 5.74) is 0.988. The van der Waals surface area contributed by atoms with Crippen molar-refractivity contribution in [3.8, 4) is 0 Å². The molecule has 0 fully saturated rings. The smallest absolute Gasteiger partial charge is 0.209 e. The molecule has 0 aliphatic rings. The van der Waals surface area contributed by atoms with E-state index in [4.69, 9.17) is 0 Å². The standard InChI is InChI=1S/C15H21N3O2S2/c1-11(2)14-15(21-12-8-6-5-7-9-12)18(3)13(17-14)10-16-22(4,19)20/h5-9,11,16H,10H2,1-4H3. The Morgan fingerprint density at radius 1 is 1.27 bits per heavy atom. The average molecular weight is 339 g/mol. The van der Waals surface area contributed by atoms with Crippen LogP contribution < -0.4 is 4.72 Å². The van der Waals surface area contributed by atoms with E-state index in [9.17, 15) is 8.42 Å². The highest BCUT2D eigenvalue weighted by atomic mass is 32.2. The number of sulfonamides is 1. The number of hydrogen-bond donors (Lipinski definition) is 1. The number of aromatic nitrogens is 2. The van der Waals surface area contributed by atoms with Crippen LogP contribution in [0.3, 0.4) is 0 Å². The van der Waals surface area contributed by atoms with Gasteiger partial charge in [0.15, 0.2) is 0 Å². The lowest BCUT2D eigenvalue weighted by Gasteiger charge is -2.08. The highest BCUT2D eigenvalue weighted by Crippen LogP contribution is 2.34. The summed E-state index contributed by atoms with van der Waals surface area (Å²) >= 11 is 1.65. The van der Waals surface area contributed by atoms with Crippen LogP contribution in [-0.2, 0) is 23.6 Å². The Hall–Kier alpha value is -1.31. The second kappa shape index (κ2) is 6.85. The summed E-state index contributed by atoms with van der Waals surface area (Å²) in [7, 11) is -1.31. The van der Waals surface area contributed by atoms with Crippen LogP contribution in [0.1, 0.15) is 31.3 Å². The van der Waals surface area contributed by atoms with E-state index in [1.54, 1.807) is 11.8 Å². The fourth-order valence-electron chi connectivity index (χ4n) is 2.00. The summed E-state index contributed by atoms with van der Waals surface area (Å²) in [4.78, 5) is 5.76. The van der Waals surface area contributed by atoms with Gasteiger partial charge in [-0.2, -0.15) is 0 Å². The van der Waals surface area contributed by atoms with Gasteiger partial charge >= 0.3 is 0 Å². The van der Waals surface area contributed by atoms with Crippen LogP contribution in [-0.4, -0.2) is 24.2 Å². The molecule has 0 saturated heterocycles. The SMILES string of the molecule is CC(C)c1nc(CNS(C)(=O)=O)n(C)c1Sc1ccccc1. The minimum Gasteiger partial charge on any atom is -0.325 e. The first-order chi connectivity index (χ1) is 10.3. The van der Waals surface area contributed by atoms with Gasteiger partial charge in [0.05, 0.1) is 18.5 Å². The number of nitrogens with one attached hydrogen (secondary N) is 1. The zero-order valence-electron chi connectivity index (χ0n) is 13.2. The predicted octanol–water partition coefficient (Wildman–Crippen LogP) is 2.74. The zero-order chi connectivity index (χ0) is 16.3. The molecule has 0 unspecified atom stereocenters. The Labute approximate surface area is 136 Å². The largest absolute Gasteiger partial charge is 0.325 e. The molecule has 1 aromatic carbocycles. The summed E-state index contributed by atoms with van der Waals surface area (Å²) in [6.07, 6.45) is 1.15. The summed E-state index contributed by atoms with van der Waals surface area (Å²) in [6.45, 7) is 4.38. The molecule has 5 nitrogen and oxygen atoms in total. The lowest BCUT2D eigenvalue weighted by atomic mass is 10.2. The van der Waals surface area contributed by atoms with E-state index < -0.39 is 10.0 Å². The van der Waals surface area contributed by atoms with Gasteiger partial charge in [0.25, 0.3) is 0 Å². The monoisotopic (exact) mass is 339 g/mol. The molecule has 1 N–H and O–H groups in total. The van der Waals surface area contributed by atoms with E-state index in [1.807, 2.05) is 29.8 Å². The Morgan fingerprint density at radius 2 is 1.91 bits per heavy atom. The second-order valence-corrected chi connectivity index (χ2v) is 8.34.